The Labute approximate surface area is 176 Å². The van der Waals surface area contributed by atoms with Gasteiger partial charge in [0, 0.05) is 48.7 Å². The second kappa shape index (κ2) is 8.36. The van der Waals surface area contributed by atoms with E-state index in [1.807, 2.05) is 13.0 Å². The van der Waals surface area contributed by atoms with Crippen LogP contribution >= 0.6 is 0 Å². The van der Waals surface area contributed by atoms with Crippen molar-refractivity contribution in [2.24, 2.45) is 5.73 Å². The van der Waals surface area contributed by atoms with E-state index in [-0.39, 0.29) is 18.0 Å². The number of nitrogens with one attached hydrogen (secondary N) is 1. The number of primary amides is 1. The molecule has 1 fully saturated rings. The molecule has 2 atom stereocenters. The van der Waals surface area contributed by atoms with Crippen molar-refractivity contribution in [3.05, 3.63) is 53.6 Å². The number of ether oxygens (including phenoxy) is 1. The van der Waals surface area contributed by atoms with Gasteiger partial charge >= 0.3 is 0 Å². The van der Waals surface area contributed by atoms with Crippen LogP contribution in [0.1, 0.15) is 42.2 Å². The summed E-state index contributed by atoms with van der Waals surface area (Å²) in [7, 11) is 0. The van der Waals surface area contributed by atoms with Crippen LogP contribution in [0, 0.1) is 0 Å². The van der Waals surface area contributed by atoms with Gasteiger partial charge in [-0.25, -0.2) is 0 Å². The molecule has 2 amide bonds. The van der Waals surface area contributed by atoms with E-state index in [4.69, 9.17) is 10.5 Å². The van der Waals surface area contributed by atoms with E-state index in [9.17, 15) is 9.59 Å². The van der Waals surface area contributed by atoms with Gasteiger partial charge in [0.05, 0.1) is 19.3 Å². The van der Waals surface area contributed by atoms with E-state index in [1.54, 1.807) is 24.0 Å². The molecule has 2 aromatic carbocycles. The molecule has 7 nitrogen and oxygen atoms in total. The molecule has 4 rings (SSSR count). The zero-order valence-electron chi connectivity index (χ0n) is 17.4. The van der Waals surface area contributed by atoms with Crippen molar-refractivity contribution in [1.29, 1.82) is 0 Å². The zero-order chi connectivity index (χ0) is 21.3. The minimum atomic E-state index is -0.473. The Morgan fingerprint density at radius 3 is 2.43 bits per heavy atom. The van der Waals surface area contributed by atoms with Crippen molar-refractivity contribution < 1.29 is 14.3 Å². The molecule has 158 valence electrons. The molecule has 2 aliphatic heterocycles. The molecule has 0 unspecified atom stereocenters. The van der Waals surface area contributed by atoms with Crippen LogP contribution in [0.15, 0.2) is 42.5 Å². The standard InChI is InChI=1S/C23H28N4O3/c1-15-13-21(20-14-17(23(24)29)3-8-22(20)27(15)16(2)28)25-18-4-6-19(7-5-18)26-9-11-30-12-10-26/h3-8,14-15,21,25H,9-13H2,1-2H3,(H2,24,29)/t15-,21+/m0/s1. The number of hydrogen-bond donors (Lipinski definition) is 2. The molecule has 7 heteroatoms. The highest BCUT2D eigenvalue weighted by Gasteiger charge is 2.32. The fourth-order valence-corrected chi connectivity index (χ4v) is 4.43. The predicted octanol–water partition coefficient (Wildman–Crippen LogP) is 2.92. The van der Waals surface area contributed by atoms with Gasteiger partial charge in [-0.3, -0.25) is 9.59 Å². The second-order valence-corrected chi connectivity index (χ2v) is 7.95. The predicted molar refractivity (Wildman–Crippen MR) is 118 cm³/mol. The molecular formula is C23H28N4O3. The van der Waals surface area contributed by atoms with Crippen LogP contribution < -0.4 is 20.9 Å². The number of carbonyl (C=O) groups is 2. The van der Waals surface area contributed by atoms with Gasteiger partial charge in [-0.2, -0.15) is 0 Å². The van der Waals surface area contributed by atoms with E-state index in [1.165, 1.54) is 5.69 Å². The van der Waals surface area contributed by atoms with E-state index in [0.717, 1.165) is 49.7 Å². The number of nitrogens with two attached hydrogens (primary N) is 1. The average Bonchev–Trinajstić information content (AvgIpc) is 2.74. The number of rotatable bonds is 4. The number of anilines is 3. The van der Waals surface area contributed by atoms with Crippen LogP contribution in [0.5, 0.6) is 0 Å². The number of hydrogen-bond acceptors (Lipinski definition) is 5. The Morgan fingerprint density at radius 1 is 1.10 bits per heavy atom. The zero-order valence-corrected chi connectivity index (χ0v) is 17.4. The third kappa shape index (κ3) is 3.98. The first kappa shape index (κ1) is 20.2. The van der Waals surface area contributed by atoms with Crippen LogP contribution in [0.4, 0.5) is 17.1 Å². The molecular weight excluding hydrogens is 380 g/mol. The lowest BCUT2D eigenvalue weighted by molar-refractivity contribution is -0.117. The van der Waals surface area contributed by atoms with Crippen LogP contribution in [0.2, 0.25) is 0 Å². The van der Waals surface area contributed by atoms with Crippen molar-refractivity contribution in [2.75, 3.05) is 41.4 Å². The summed E-state index contributed by atoms with van der Waals surface area (Å²) < 4.78 is 5.43. The summed E-state index contributed by atoms with van der Waals surface area (Å²) in [4.78, 5) is 28.1. The maximum absolute atomic E-state index is 12.2. The summed E-state index contributed by atoms with van der Waals surface area (Å²) in [6.45, 7) is 6.92. The number of carbonyl (C=O) groups excluding carboxylic acids is 2. The maximum atomic E-state index is 12.2. The molecule has 1 saturated heterocycles. The van der Waals surface area contributed by atoms with Crippen molar-refractivity contribution >= 4 is 28.9 Å². The Kier molecular flexibility index (Phi) is 5.63. The van der Waals surface area contributed by atoms with Gasteiger partial charge in [-0.1, -0.05) is 0 Å². The quantitative estimate of drug-likeness (QED) is 0.812. The summed E-state index contributed by atoms with van der Waals surface area (Å²) >= 11 is 0. The molecule has 0 bridgehead atoms. The number of benzene rings is 2. The van der Waals surface area contributed by atoms with E-state index < -0.39 is 5.91 Å². The summed E-state index contributed by atoms with van der Waals surface area (Å²) in [5, 5.41) is 3.59. The number of morpholine rings is 1. The van der Waals surface area contributed by atoms with Crippen molar-refractivity contribution in [3.8, 4) is 0 Å². The topological polar surface area (TPSA) is 87.9 Å². The fraction of sp³-hybridized carbons (Fsp3) is 0.391. The Morgan fingerprint density at radius 2 is 1.80 bits per heavy atom. The lowest BCUT2D eigenvalue weighted by Crippen LogP contribution is -2.43. The Bertz CT molecular complexity index is 938. The third-order valence-electron chi connectivity index (χ3n) is 5.89. The second-order valence-electron chi connectivity index (χ2n) is 7.95. The van der Waals surface area contributed by atoms with E-state index >= 15 is 0 Å². The van der Waals surface area contributed by atoms with Gasteiger partial charge in [0.2, 0.25) is 11.8 Å². The minimum absolute atomic E-state index is 0.0103. The molecule has 30 heavy (non-hydrogen) atoms. The summed E-state index contributed by atoms with van der Waals surface area (Å²) in [5.41, 5.74) is 9.86. The van der Waals surface area contributed by atoms with Gasteiger partial charge in [0.15, 0.2) is 0 Å². The number of nitrogens with zero attached hydrogens (tertiary/aromatic N) is 2. The Hall–Kier alpha value is -3.06. The highest BCUT2D eigenvalue weighted by atomic mass is 16.5. The molecule has 3 N–H and O–H groups in total. The lowest BCUT2D eigenvalue weighted by Gasteiger charge is -2.39. The van der Waals surface area contributed by atoms with Gasteiger partial charge < -0.3 is 25.6 Å². The van der Waals surface area contributed by atoms with Gasteiger partial charge in [-0.15, -0.1) is 0 Å². The van der Waals surface area contributed by atoms with E-state index in [2.05, 4.69) is 34.5 Å². The number of fused-ring (bicyclic) bond motifs is 1. The van der Waals surface area contributed by atoms with Crippen LogP contribution in [-0.4, -0.2) is 44.2 Å². The van der Waals surface area contributed by atoms with Crippen LogP contribution in [-0.2, 0) is 9.53 Å². The highest BCUT2D eigenvalue weighted by Crippen LogP contribution is 2.39. The molecule has 2 aliphatic rings. The summed E-state index contributed by atoms with van der Waals surface area (Å²) in [6.07, 6.45) is 0.736. The number of amides is 2. The molecule has 0 aromatic heterocycles. The summed E-state index contributed by atoms with van der Waals surface area (Å²) in [5.74, 6) is -0.483. The Balaban J connectivity index is 1.60. The smallest absolute Gasteiger partial charge is 0.248 e. The first-order valence-electron chi connectivity index (χ1n) is 10.4. The molecule has 2 aromatic rings. The van der Waals surface area contributed by atoms with E-state index in [0.29, 0.717) is 5.56 Å². The summed E-state index contributed by atoms with van der Waals surface area (Å²) in [6, 6.07) is 13.7. The normalized spacial score (nSPS) is 21.1. The average molecular weight is 409 g/mol. The first-order chi connectivity index (χ1) is 14.4. The highest BCUT2D eigenvalue weighted by molar-refractivity contribution is 5.97. The fourth-order valence-electron chi connectivity index (χ4n) is 4.43. The van der Waals surface area contributed by atoms with Crippen LogP contribution in [0.3, 0.4) is 0 Å². The van der Waals surface area contributed by atoms with Crippen molar-refractivity contribution in [2.45, 2.75) is 32.4 Å². The first-order valence-corrected chi connectivity index (χ1v) is 10.4. The van der Waals surface area contributed by atoms with Gasteiger partial charge in [-0.05, 0) is 61.4 Å². The molecule has 0 aliphatic carbocycles. The van der Waals surface area contributed by atoms with Gasteiger partial charge in [0.25, 0.3) is 0 Å². The maximum Gasteiger partial charge on any atom is 0.248 e. The minimum Gasteiger partial charge on any atom is -0.378 e. The van der Waals surface area contributed by atoms with Gasteiger partial charge in [0.1, 0.15) is 0 Å². The largest absolute Gasteiger partial charge is 0.378 e. The molecule has 2 heterocycles. The molecule has 0 spiro atoms. The van der Waals surface area contributed by atoms with Crippen LogP contribution in [0.25, 0.3) is 0 Å². The van der Waals surface area contributed by atoms with Crippen molar-refractivity contribution in [1.82, 2.24) is 0 Å². The monoisotopic (exact) mass is 408 g/mol. The third-order valence-corrected chi connectivity index (χ3v) is 5.89. The molecule has 0 radical (unpaired) electrons. The molecule has 0 saturated carbocycles. The lowest BCUT2D eigenvalue weighted by atomic mass is 9.90. The SMILES string of the molecule is CC(=O)N1c2ccc(C(N)=O)cc2[C@H](Nc2ccc(N3CCOCC3)cc2)C[C@@H]1C. The van der Waals surface area contributed by atoms with Crippen molar-refractivity contribution in [3.63, 3.8) is 0 Å².